The first-order chi connectivity index (χ1) is 11.2. The fourth-order valence-electron chi connectivity index (χ4n) is 2.90. The Labute approximate surface area is 137 Å². The molecule has 2 aromatic rings. The lowest BCUT2D eigenvalue weighted by Crippen LogP contribution is -2.26. The molecule has 1 unspecified atom stereocenters. The quantitative estimate of drug-likeness (QED) is 0.741. The van der Waals surface area contributed by atoms with E-state index in [-0.39, 0.29) is 6.04 Å². The van der Waals surface area contributed by atoms with Crippen LogP contribution in [-0.2, 0) is 0 Å². The minimum atomic E-state index is 0.0848. The van der Waals surface area contributed by atoms with Crippen molar-refractivity contribution in [2.45, 2.75) is 18.9 Å². The minimum Gasteiger partial charge on any atom is -0.402 e. The maximum absolute atomic E-state index is 6.21. The van der Waals surface area contributed by atoms with Crippen molar-refractivity contribution in [3.63, 3.8) is 0 Å². The number of allylic oxidation sites excluding steroid dienone is 3. The van der Waals surface area contributed by atoms with Gasteiger partial charge in [-0.2, -0.15) is 0 Å². The molecule has 0 saturated carbocycles. The Hall–Kier alpha value is -2.52. The summed E-state index contributed by atoms with van der Waals surface area (Å²) >= 11 is 0. The maximum Gasteiger partial charge on any atom is 0.0599 e. The smallest absolute Gasteiger partial charge is 0.0599 e. The number of rotatable bonds is 5. The highest BCUT2D eigenvalue weighted by molar-refractivity contribution is 5.51. The first-order valence-electron chi connectivity index (χ1n) is 8.01. The summed E-state index contributed by atoms with van der Waals surface area (Å²) in [6, 6.07) is 18.6. The minimum absolute atomic E-state index is 0.0848. The number of para-hydroxylation sites is 1. The van der Waals surface area contributed by atoms with Gasteiger partial charge in [-0.1, -0.05) is 60.2 Å². The van der Waals surface area contributed by atoms with Gasteiger partial charge in [0.25, 0.3) is 0 Å². The van der Waals surface area contributed by atoms with E-state index in [2.05, 4.69) is 41.7 Å². The zero-order valence-corrected chi connectivity index (χ0v) is 13.2. The average Bonchev–Trinajstić information content (AvgIpc) is 2.59. The summed E-state index contributed by atoms with van der Waals surface area (Å²) in [6.07, 6.45) is 6.09. The molecule has 1 aliphatic carbocycles. The van der Waals surface area contributed by atoms with Crippen LogP contribution >= 0.6 is 0 Å². The molecular weight excluding hydrogens is 282 g/mol. The summed E-state index contributed by atoms with van der Waals surface area (Å²) in [6.45, 7) is 0.831. The molecule has 1 atom stereocenters. The van der Waals surface area contributed by atoms with Crippen molar-refractivity contribution in [1.29, 1.82) is 0 Å². The third kappa shape index (κ3) is 3.82. The lowest BCUT2D eigenvalue weighted by Gasteiger charge is -2.23. The molecule has 0 aliphatic heterocycles. The highest BCUT2D eigenvalue weighted by atomic mass is 14.9. The molecule has 3 rings (SSSR count). The standard InChI is InChI=1S/C20H23N3/c21-17-12-10-15(11-13-17)14-23-20(16-6-2-1-3-7-16)18-8-4-5-9-19(18)22/h1-10,12,20,23H,11,13-14,21-22H2. The number of nitrogens with one attached hydrogen (secondary N) is 1. The van der Waals surface area contributed by atoms with Crippen molar-refractivity contribution >= 4 is 5.69 Å². The third-order valence-corrected chi connectivity index (χ3v) is 4.24. The van der Waals surface area contributed by atoms with Crippen LogP contribution < -0.4 is 16.8 Å². The molecule has 0 heterocycles. The molecule has 0 fully saturated rings. The van der Waals surface area contributed by atoms with Crippen LogP contribution in [-0.4, -0.2) is 6.54 Å². The monoisotopic (exact) mass is 305 g/mol. The van der Waals surface area contributed by atoms with E-state index >= 15 is 0 Å². The van der Waals surface area contributed by atoms with Gasteiger partial charge in [0.1, 0.15) is 0 Å². The number of hydrogen-bond donors (Lipinski definition) is 3. The van der Waals surface area contributed by atoms with Gasteiger partial charge in [-0.25, -0.2) is 0 Å². The second-order valence-electron chi connectivity index (χ2n) is 5.92. The topological polar surface area (TPSA) is 64.1 Å². The molecule has 3 nitrogen and oxygen atoms in total. The van der Waals surface area contributed by atoms with E-state index in [4.69, 9.17) is 11.5 Å². The Balaban J connectivity index is 1.83. The van der Waals surface area contributed by atoms with E-state index < -0.39 is 0 Å². The largest absolute Gasteiger partial charge is 0.402 e. The van der Waals surface area contributed by atoms with Gasteiger partial charge in [0, 0.05) is 17.9 Å². The number of benzene rings is 2. The van der Waals surface area contributed by atoms with E-state index in [0.717, 1.165) is 36.3 Å². The Kier molecular flexibility index (Phi) is 4.79. The van der Waals surface area contributed by atoms with E-state index in [0.29, 0.717) is 0 Å². The van der Waals surface area contributed by atoms with Crippen molar-refractivity contribution in [3.8, 4) is 0 Å². The van der Waals surface area contributed by atoms with Gasteiger partial charge < -0.3 is 16.8 Å². The Morgan fingerprint density at radius 2 is 1.61 bits per heavy atom. The van der Waals surface area contributed by atoms with E-state index in [1.807, 2.05) is 30.3 Å². The SMILES string of the molecule is NC1=CC=C(CNC(c2ccccc2)c2ccccc2N)CC1. The van der Waals surface area contributed by atoms with Crippen LogP contribution in [0.25, 0.3) is 0 Å². The summed E-state index contributed by atoms with van der Waals surface area (Å²) < 4.78 is 0. The average molecular weight is 305 g/mol. The van der Waals surface area contributed by atoms with Crippen molar-refractivity contribution in [2.75, 3.05) is 12.3 Å². The van der Waals surface area contributed by atoms with Crippen LogP contribution in [0.3, 0.4) is 0 Å². The van der Waals surface area contributed by atoms with Crippen molar-refractivity contribution < 1.29 is 0 Å². The van der Waals surface area contributed by atoms with E-state index in [1.54, 1.807) is 0 Å². The summed E-state index contributed by atoms with van der Waals surface area (Å²) in [4.78, 5) is 0. The number of nitrogens with two attached hydrogens (primary N) is 2. The van der Waals surface area contributed by atoms with Crippen LogP contribution in [0, 0.1) is 0 Å². The van der Waals surface area contributed by atoms with Gasteiger partial charge >= 0.3 is 0 Å². The fraction of sp³-hybridized carbons (Fsp3) is 0.200. The predicted molar refractivity (Wildman–Crippen MR) is 96.7 cm³/mol. The highest BCUT2D eigenvalue weighted by Gasteiger charge is 2.16. The molecule has 0 spiro atoms. The lowest BCUT2D eigenvalue weighted by atomic mass is 9.96. The molecule has 5 N–H and O–H groups in total. The van der Waals surface area contributed by atoms with Gasteiger partial charge in [-0.05, 0) is 36.1 Å². The summed E-state index contributed by atoms with van der Waals surface area (Å²) in [5, 5.41) is 3.66. The molecule has 0 radical (unpaired) electrons. The number of anilines is 1. The molecule has 1 aliphatic rings. The van der Waals surface area contributed by atoms with E-state index in [9.17, 15) is 0 Å². The van der Waals surface area contributed by atoms with Gasteiger partial charge in [0.05, 0.1) is 6.04 Å². The normalized spacial score (nSPS) is 15.7. The third-order valence-electron chi connectivity index (χ3n) is 4.24. The molecule has 118 valence electrons. The zero-order chi connectivity index (χ0) is 16.1. The number of hydrogen-bond acceptors (Lipinski definition) is 3. The van der Waals surface area contributed by atoms with Crippen molar-refractivity contribution in [2.24, 2.45) is 5.73 Å². The number of nitrogen functional groups attached to an aromatic ring is 1. The summed E-state index contributed by atoms with van der Waals surface area (Å²) in [7, 11) is 0. The highest BCUT2D eigenvalue weighted by Crippen LogP contribution is 2.27. The van der Waals surface area contributed by atoms with E-state index in [1.165, 1.54) is 11.1 Å². The molecule has 0 amide bonds. The van der Waals surface area contributed by atoms with Crippen LogP contribution in [0.5, 0.6) is 0 Å². The second kappa shape index (κ2) is 7.16. The van der Waals surface area contributed by atoms with Gasteiger partial charge in [-0.3, -0.25) is 0 Å². The second-order valence-corrected chi connectivity index (χ2v) is 5.92. The molecule has 3 heteroatoms. The molecule has 0 bridgehead atoms. The maximum atomic E-state index is 6.21. The molecular formula is C20H23N3. The summed E-state index contributed by atoms with van der Waals surface area (Å²) in [5.41, 5.74) is 17.5. The van der Waals surface area contributed by atoms with Crippen LogP contribution in [0.4, 0.5) is 5.69 Å². The first kappa shape index (κ1) is 15.4. The molecule has 2 aromatic carbocycles. The molecule has 23 heavy (non-hydrogen) atoms. The van der Waals surface area contributed by atoms with Crippen LogP contribution in [0.15, 0.2) is 78.0 Å². The van der Waals surface area contributed by atoms with Crippen LogP contribution in [0.1, 0.15) is 30.0 Å². The van der Waals surface area contributed by atoms with Crippen LogP contribution in [0.2, 0.25) is 0 Å². The lowest BCUT2D eigenvalue weighted by molar-refractivity contribution is 0.628. The Bertz CT molecular complexity index is 717. The van der Waals surface area contributed by atoms with Gasteiger partial charge in [0.15, 0.2) is 0 Å². The Morgan fingerprint density at radius 1 is 0.870 bits per heavy atom. The van der Waals surface area contributed by atoms with Crippen molar-refractivity contribution in [1.82, 2.24) is 5.32 Å². The van der Waals surface area contributed by atoms with Crippen molar-refractivity contribution in [3.05, 3.63) is 89.1 Å². The fourth-order valence-corrected chi connectivity index (χ4v) is 2.90. The first-order valence-corrected chi connectivity index (χ1v) is 8.01. The predicted octanol–water partition coefficient (Wildman–Crippen LogP) is 3.51. The van der Waals surface area contributed by atoms with Gasteiger partial charge in [0.2, 0.25) is 0 Å². The summed E-state index contributed by atoms with van der Waals surface area (Å²) in [5.74, 6) is 0. The molecule has 0 saturated heterocycles. The Morgan fingerprint density at radius 3 is 2.30 bits per heavy atom. The molecule has 0 aromatic heterocycles. The van der Waals surface area contributed by atoms with Gasteiger partial charge in [-0.15, -0.1) is 0 Å². The zero-order valence-electron chi connectivity index (χ0n) is 13.2.